The largest absolute Gasteiger partial charge is 0.507 e. The summed E-state index contributed by atoms with van der Waals surface area (Å²) < 4.78 is 11.6. The van der Waals surface area contributed by atoms with E-state index in [0.717, 1.165) is 16.7 Å². The number of carbonyl (C=O) groups excluding carboxylic acids is 2. The Labute approximate surface area is 218 Å². The SMILES string of the molecule is CCOc1ccc2nc(N3C(=O)C(=O)C(=C(O)c4ccc(OC)cc4)C3c3ccc(CC)cc3)sc2c1. The van der Waals surface area contributed by atoms with Gasteiger partial charge in [-0.25, -0.2) is 4.98 Å². The summed E-state index contributed by atoms with van der Waals surface area (Å²) >= 11 is 1.30. The summed E-state index contributed by atoms with van der Waals surface area (Å²) in [6, 6.07) is 19.1. The third-order valence-electron chi connectivity index (χ3n) is 6.38. The highest BCUT2D eigenvalue weighted by Crippen LogP contribution is 2.44. The molecule has 37 heavy (non-hydrogen) atoms. The van der Waals surface area contributed by atoms with Gasteiger partial charge in [0.05, 0.1) is 35.5 Å². The van der Waals surface area contributed by atoms with E-state index in [4.69, 9.17) is 9.47 Å². The van der Waals surface area contributed by atoms with E-state index in [9.17, 15) is 14.7 Å². The Morgan fingerprint density at radius 3 is 2.35 bits per heavy atom. The lowest BCUT2D eigenvalue weighted by Crippen LogP contribution is -2.29. The van der Waals surface area contributed by atoms with Gasteiger partial charge in [0.2, 0.25) is 0 Å². The van der Waals surface area contributed by atoms with E-state index < -0.39 is 17.7 Å². The van der Waals surface area contributed by atoms with Crippen LogP contribution in [0, 0.1) is 0 Å². The van der Waals surface area contributed by atoms with E-state index >= 15 is 0 Å². The highest BCUT2D eigenvalue weighted by atomic mass is 32.1. The minimum atomic E-state index is -0.833. The number of Topliss-reactive ketones (excluding diaryl/α,β-unsaturated/α-hetero) is 1. The summed E-state index contributed by atoms with van der Waals surface area (Å²) in [5.41, 5.74) is 2.97. The van der Waals surface area contributed by atoms with E-state index in [1.54, 1.807) is 31.4 Å². The molecule has 1 unspecified atom stereocenters. The lowest BCUT2D eigenvalue weighted by atomic mass is 9.94. The Kier molecular flexibility index (Phi) is 6.67. The molecule has 1 saturated heterocycles. The minimum absolute atomic E-state index is 0.0219. The summed E-state index contributed by atoms with van der Waals surface area (Å²) in [6.45, 7) is 4.50. The molecule has 1 aromatic heterocycles. The van der Waals surface area contributed by atoms with Gasteiger partial charge in [-0.1, -0.05) is 42.5 Å². The molecule has 0 saturated carbocycles. The fraction of sp³-hybridized carbons (Fsp3) is 0.207. The molecule has 5 rings (SSSR count). The number of hydrogen-bond donors (Lipinski definition) is 1. The van der Waals surface area contributed by atoms with Crippen LogP contribution in [0.1, 0.15) is 36.6 Å². The van der Waals surface area contributed by atoms with Gasteiger partial charge >= 0.3 is 5.91 Å². The summed E-state index contributed by atoms with van der Waals surface area (Å²) in [6.07, 6.45) is 0.854. The highest BCUT2D eigenvalue weighted by molar-refractivity contribution is 7.22. The number of thiazole rings is 1. The normalized spacial score (nSPS) is 16.9. The second-order valence-corrected chi connectivity index (χ2v) is 9.56. The molecule has 8 heteroatoms. The molecule has 4 aromatic rings. The third-order valence-corrected chi connectivity index (χ3v) is 7.39. The Morgan fingerprint density at radius 2 is 1.70 bits per heavy atom. The first kappa shape index (κ1) is 24.5. The molecule has 0 bridgehead atoms. The molecule has 1 N–H and O–H groups in total. The van der Waals surface area contributed by atoms with Crippen LogP contribution in [0.5, 0.6) is 11.5 Å². The van der Waals surface area contributed by atoms with Gasteiger partial charge in [0, 0.05) is 5.56 Å². The number of hydrogen-bond acceptors (Lipinski definition) is 7. The van der Waals surface area contributed by atoms with Gasteiger partial charge in [0.15, 0.2) is 5.13 Å². The smallest absolute Gasteiger partial charge is 0.301 e. The summed E-state index contributed by atoms with van der Waals surface area (Å²) in [5.74, 6) is -0.410. The van der Waals surface area contributed by atoms with Crippen molar-refractivity contribution in [3.8, 4) is 11.5 Å². The number of amides is 1. The fourth-order valence-electron chi connectivity index (χ4n) is 4.44. The van der Waals surface area contributed by atoms with Crippen molar-refractivity contribution in [1.29, 1.82) is 0 Å². The fourth-order valence-corrected chi connectivity index (χ4v) is 5.46. The van der Waals surface area contributed by atoms with Crippen molar-refractivity contribution in [2.24, 2.45) is 0 Å². The molecule has 0 aliphatic carbocycles. The van der Waals surface area contributed by atoms with Crippen LogP contribution in [0.25, 0.3) is 16.0 Å². The Balaban J connectivity index is 1.67. The van der Waals surface area contributed by atoms with Gasteiger partial charge in [-0.05, 0) is 66.9 Å². The predicted molar refractivity (Wildman–Crippen MR) is 144 cm³/mol. The molecule has 1 aliphatic rings. The van der Waals surface area contributed by atoms with Gasteiger partial charge in [0.25, 0.3) is 5.78 Å². The monoisotopic (exact) mass is 514 g/mol. The highest BCUT2D eigenvalue weighted by Gasteiger charge is 2.48. The van der Waals surface area contributed by atoms with Crippen molar-refractivity contribution in [2.75, 3.05) is 18.6 Å². The maximum Gasteiger partial charge on any atom is 0.301 e. The molecule has 1 fully saturated rings. The molecule has 0 radical (unpaired) electrons. The Hall–Kier alpha value is -4.17. The number of fused-ring (bicyclic) bond motifs is 1. The number of methoxy groups -OCH3 is 1. The van der Waals surface area contributed by atoms with E-state index in [1.165, 1.54) is 16.2 Å². The van der Waals surface area contributed by atoms with Crippen molar-refractivity contribution >= 4 is 44.1 Å². The molecule has 188 valence electrons. The van der Waals surface area contributed by atoms with Crippen LogP contribution in [0.2, 0.25) is 0 Å². The molecule has 3 aromatic carbocycles. The lowest BCUT2D eigenvalue weighted by molar-refractivity contribution is -0.132. The second kappa shape index (κ2) is 10.1. The van der Waals surface area contributed by atoms with Crippen LogP contribution in [-0.2, 0) is 16.0 Å². The molecule has 1 amide bonds. The summed E-state index contributed by atoms with van der Waals surface area (Å²) in [7, 11) is 1.55. The van der Waals surface area contributed by atoms with Crippen LogP contribution < -0.4 is 14.4 Å². The number of rotatable bonds is 7. The van der Waals surface area contributed by atoms with Crippen molar-refractivity contribution in [3.05, 3.63) is 89.0 Å². The number of nitrogens with zero attached hydrogens (tertiary/aromatic N) is 2. The van der Waals surface area contributed by atoms with E-state index in [1.807, 2.05) is 49.4 Å². The van der Waals surface area contributed by atoms with E-state index in [2.05, 4.69) is 11.9 Å². The molecule has 2 heterocycles. The molecule has 1 aliphatic heterocycles. The number of aliphatic hydroxyl groups excluding tert-OH is 1. The quantitative estimate of drug-likeness (QED) is 0.188. The van der Waals surface area contributed by atoms with Crippen LogP contribution in [0.4, 0.5) is 5.13 Å². The van der Waals surface area contributed by atoms with Crippen LogP contribution in [0.3, 0.4) is 0 Å². The zero-order valence-corrected chi connectivity index (χ0v) is 21.5. The van der Waals surface area contributed by atoms with Crippen molar-refractivity contribution in [2.45, 2.75) is 26.3 Å². The van der Waals surface area contributed by atoms with Gasteiger partial charge in [-0.3, -0.25) is 14.5 Å². The number of ether oxygens (including phenoxy) is 2. The standard InChI is InChI=1S/C29H26N2O5S/c1-4-17-6-8-18(9-7-17)25-24(26(32)19-10-12-20(35-3)13-11-19)27(33)28(34)31(25)29-30-22-15-14-21(36-5-2)16-23(22)37-29/h6-16,25,32H,4-5H2,1-3H3. The van der Waals surface area contributed by atoms with E-state index in [0.29, 0.717) is 39.9 Å². The lowest BCUT2D eigenvalue weighted by Gasteiger charge is -2.23. The number of aliphatic hydroxyl groups is 1. The zero-order chi connectivity index (χ0) is 26.1. The number of anilines is 1. The van der Waals surface area contributed by atoms with Gasteiger partial charge < -0.3 is 14.6 Å². The summed E-state index contributed by atoms with van der Waals surface area (Å²) in [4.78, 5) is 32.9. The predicted octanol–water partition coefficient (Wildman–Crippen LogP) is 5.89. The molecule has 7 nitrogen and oxygen atoms in total. The van der Waals surface area contributed by atoms with Crippen LogP contribution >= 0.6 is 11.3 Å². The first-order valence-electron chi connectivity index (χ1n) is 12.0. The van der Waals surface area contributed by atoms with Crippen LogP contribution in [-0.4, -0.2) is 35.5 Å². The van der Waals surface area contributed by atoms with Crippen molar-refractivity contribution in [3.63, 3.8) is 0 Å². The van der Waals surface area contributed by atoms with Gasteiger partial charge in [-0.2, -0.15) is 0 Å². The topological polar surface area (TPSA) is 89.0 Å². The van der Waals surface area contributed by atoms with Crippen molar-refractivity contribution in [1.82, 2.24) is 4.98 Å². The van der Waals surface area contributed by atoms with Gasteiger partial charge in [-0.15, -0.1) is 0 Å². The van der Waals surface area contributed by atoms with Gasteiger partial charge in [0.1, 0.15) is 17.3 Å². The first-order valence-corrected chi connectivity index (χ1v) is 12.8. The van der Waals surface area contributed by atoms with Crippen molar-refractivity contribution < 1.29 is 24.2 Å². The minimum Gasteiger partial charge on any atom is -0.507 e. The average molecular weight is 515 g/mol. The Morgan fingerprint density at radius 1 is 1.00 bits per heavy atom. The molecule has 1 atom stereocenters. The van der Waals surface area contributed by atoms with Crippen LogP contribution in [0.15, 0.2) is 72.3 Å². The molecular weight excluding hydrogens is 488 g/mol. The molecular formula is C29H26N2O5S. The Bertz CT molecular complexity index is 1510. The van der Waals surface area contributed by atoms with E-state index in [-0.39, 0.29) is 11.3 Å². The second-order valence-electron chi connectivity index (χ2n) is 8.55. The maximum atomic E-state index is 13.5. The number of aryl methyl sites for hydroxylation is 1. The molecule has 0 spiro atoms. The number of benzene rings is 3. The third kappa shape index (κ3) is 4.44. The number of carbonyl (C=O) groups is 2. The average Bonchev–Trinajstić information content (AvgIpc) is 3.46. The first-order chi connectivity index (χ1) is 17.9. The zero-order valence-electron chi connectivity index (χ0n) is 20.7. The number of ketones is 1. The summed E-state index contributed by atoms with van der Waals surface area (Å²) in [5, 5.41) is 11.7. The maximum absolute atomic E-state index is 13.5. The number of aromatic nitrogens is 1.